The molecule has 0 fully saturated rings. The van der Waals surface area contributed by atoms with Crippen molar-refractivity contribution in [3.05, 3.63) is 12.2 Å². The molecular weight excluding hydrogens is 164 g/mol. The Morgan fingerprint density at radius 1 is 1.38 bits per heavy atom. The van der Waals surface area contributed by atoms with Gasteiger partial charge in [0.25, 0.3) is 0 Å². The average Bonchev–Trinajstić information content (AvgIpc) is 2.04. The molecule has 0 heterocycles. The van der Waals surface area contributed by atoms with Crippen molar-refractivity contribution in [2.75, 3.05) is 19.6 Å². The van der Waals surface area contributed by atoms with Crippen LogP contribution in [0.3, 0.4) is 0 Å². The third kappa shape index (κ3) is 9.08. The maximum Gasteiger partial charge on any atom is 0.233 e. The van der Waals surface area contributed by atoms with Crippen LogP contribution in [0.1, 0.15) is 26.7 Å². The fraction of sp³-hybridized carbons (Fsp3) is 0.700. The lowest BCUT2D eigenvalue weighted by Gasteiger charge is -2.05. The lowest BCUT2D eigenvalue weighted by Crippen LogP contribution is -2.34. The summed E-state index contributed by atoms with van der Waals surface area (Å²) in [4.78, 5) is 11.1. The minimum absolute atomic E-state index is 0.0645. The second-order valence-electron chi connectivity index (χ2n) is 3.26. The number of hydrogen-bond donors (Lipinski definition) is 2. The van der Waals surface area contributed by atoms with Crippen molar-refractivity contribution in [3.8, 4) is 0 Å². The summed E-state index contributed by atoms with van der Waals surface area (Å²) in [7, 11) is 0. The van der Waals surface area contributed by atoms with E-state index in [0.717, 1.165) is 25.0 Å². The molecule has 0 aromatic heterocycles. The Hall–Kier alpha value is -0.830. The average molecular weight is 184 g/mol. The number of carbonyl (C=O) groups is 1. The van der Waals surface area contributed by atoms with Crippen molar-refractivity contribution in [3.63, 3.8) is 0 Å². The predicted molar refractivity (Wildman–Crippen MR) is 55.6 cm³/mol. The number of carbonyl (C=O) groups excluding carboxylic acids is 1. The van der Waals surface area contributed by atoms with Gasteiger partial charge in [-0.05, 0) is 13.3 Å². The van der Waals surface area contributed by atoms with Gasteiger partial charge in [-0.2, -0.15) is 0 Å². The van der Waals surface area contributed by atoms with Crippen LogP contribution in [-0.4, -0.2) is 25.5 Å². The number of unbranched alkanes of at least 4 members (excludes halogenated alkanes) is 1. The zero-order valence-corrected chi connectivity index (χ0v) is 8.65. The maximum atomic E-state index is 11.1. The summed E-state index contributed by atoms with van der Waals surface area (Å²) in [6, 6.07) is 0. The van der Waals surface area contributed by atoms with Crippen LogP contribution >= 0.6 is 0 Å². The fourth-order valence-electron chi connectivity index (χ4n) is 0.857. The van der Waals surface area contributed by atoms with E-state index in [1.54, 1.807) is 0 Å². The molecule has 0 aliphatic carbocycles. The Morgan fingerprint density at radius 3 is 2.62 bits per heavy atom. The molecule has 0 spiro atoms. The second kappa shape index (κ2) is 7.80. The lowest BCUT2D eigenvalue weighted by atomic mass is 10.3. The quantitative estimate of drug-likeness (QED) is 0.459. The topological polar surface area (TPSA) is 41.1 Å². The minimum Gasteiger partial charge on any atom is -0.355 e. The van der Waals surface area contributed by atoms with Gasteiger partial charge in [-0.15, -0.1) is 0 Å². The van der Waals surface area contributed by atoms with E-state index >= 15 is 0 Å². The third-order valence-corrected chi connectivity index (χ3v) is 1.56. The van der Waals surface area contributed by atoms with E-state index < -0.39 is 0 Å². The number of hydrogen-bond acceptors (Lipinski definition) is 2. The van der Waals surface area contributed by atoms with Crippen molar-refractivity contribution < 1.29 is 4.79 Å². The van der Waals surface area contributed by atoms with Crippen LogP contribution in [0.5, 0.6) is 0 Å². The molecule has 13 heavy (non-hydrogen) atoms. The molecule has 0 saturated heterocycles. The summed E-state index contributed by atoms with van der Waals surface area (Å²) >= 11 is 0. The first kappa shape index (κ1) is 12.2. The predicted octanol–water partition coefficient (Wildman–Crippen LogP) is 1.07. The van der Waals surface area contributed by atoms with Gasteiger partial charge in [0.1, 0.15) is 0 Å². The molecule has 0 saturated carbocycles. The van der Waals surface area contributed by atoms with Gasteiger partial charge in [0.2, 0.25) is 5.91 Å². The normalized spacial score (nSPS) is 9.69. The van der Waals surface area contributed by atoms with Crippen LogP contribution in [0, 0.1) is 0 Å². The van der Waals surface area contributed by atoms with Crippen LogP contribution in [0.25, 0.3) is 0 Å². The summed E-state index contributed by atoms with van der Waals surface area (Å²) in [5, 5.41) is 5.83. The molecule has 2 N–H and O–H groups in total. The minimum atomic E-state index is 0.0645. The molecule has 0 aromatic carbocycles. The van der Waals surface area contributed by atoms with Crippen molar-refractivity contribution in [1.82, 2.24) is 10.6 Å². The van der Waals surface area contributed by atoms with Gasteiger partial charge >= 0.3 is 0 Å². The first-order chi connectivity index (χ1) is 6.16. The third-order valence-electron chi connectivity index (χ3n) is 1.56. The van der Waals surface area contributed by atoms with Crippen LogP contribution in [0.2, 0.25) is 0 Å². The molecule has 0 aliphatic rings. The molecule has 0 rings (SSSR count). The van der Waals surface area contributed by atoms with Crippen molar-refractivity contribution in [2.24, 2.45) is 0 Å². The highest BCUT2D eigenvalue weighted by atomic mass is 16.1. The summed E-state index contributed by atoms with van der Waals surface area (Å²) in [5.74, 6) is 0.0645. The monoisotopic (exact) mass is 184 g/mol. The van der Waals surface area contributed by atoms with Crippen molar-refractivity contribution >= 4 is 5.91 Å². The van der Waals surface area contributed by atoms with E-state index in [1.807, 2.05) is 6.92 Å². The Bertz CT molecular complexity index is 166. The van der Waals surface area contributed by atoms with Gasteiger partial charge in [-0.25, -0.2) is 0 Å². The summed E-state index contributed by atoms with van der Waals surface area (Å²) in [6.45, 7) is 9.65. The first-order valence-corrected chi connectivity index (χ1v) is 4.78. The number of nitrogens with one attached hydrogen (secondary N) is 2. The van der Waals surface area contributed by atoms with Gasteiger partial charge in [-0.1, -0.05) is 25.5 Å². The summed E-state index contributed by atoms with van der Waals surface area (Å²) < 4.78 is 0. The number of amides is 1. The molecule has 0 unspecified atom stereocenters. The molecule has 0 aliphatic heterocycles. The van der Waals surface area contributed by atoms with Crippen LogP contribution in [0.4, 0.5) is 0 Å². The second-order valence-corrected chi connectivity index (χ2v) is 3.26. The van der Waals surface area contributed by atoms with Gasteiger partial charge in [-0.3, -0.25) is 4.79 Å². The van der Waals surface area contributed by atoms with Crippen LogP contribution in [-0.2, 0) is 4.79 Å². The van der Waals surface area contributed by atoms with Gasteiger partial charge in [0, 0.05) is 13.1 Å². The fourth-order valence-corrected chi connectivity index (χ4v) is 0.857. The molecule has 3 nitrogen and oxygen atoms in total. The van der Waals surface area contributed by atoms with Gasteiger partial charge in [0.05, 0.1) is 6.54 Å². The first-order valence-electron chi connectivity index (χ1n) is 4.78. The molecule has 0 radical (unpaired) electrons. The highest BCUT2D eigenvalue weighted by Crippen LogP contribution is 1.83. The van der Waals surface area contributed by atoms with E-state index in [4.69, 9.17) is 0 Å². The maximum absolute atomic E-state index is 11.1. The van der Waals surface area contributed by atoms with Gasteiger partial charge in [0.15, 0.2) is 0 Å². The number of rotatable bonds is 7. The van der Waals surface area contributed by atoms with E-state index in [-0.39, 0.29) is 5.91 Å². The summed E-state index contributed by atoms with van der Waals surface area (Å²) in [5.41, 5.74) is 1.04. The molecule has 1 amide bonds. The Labute approximate surface area is 80.6 Å². The van der Waals surface area contributed by atoms with E-state index in [2.05, 4.69) is 24.1 Å². The highest BCUT2D eigenvalue weighted by Gasteiger charge is 1.97. The van der Waals surface area contributed by atoms with E-state index in [1.165, 1.54) is 0 Å². The standard InChI is InChI=1S/C10H20N2O/c1-4-5-6-12-10(13)8-11-7-9(2)3/h11H,2,4-8H2,1,3H3,(H,12,13). The Kier molecular flexibility index (Phi) is 7.30. The zero-order valence-electron chi connectivity index (χ0n) is 8.65. The van der Waals surface area contributed by atoms with Crippen molar-refractivity contribution in [1.29, 1.82) is 0 Å². The molecular formula is C10H20N2O. The molecule has 76 valence electrons. The molecule has 0 bridgehead atoms. The molecule has 0 aromatic rings. The largest absolute Gasteiger partial charge is 0.355 e. The zero-order chi connectivity index (χ0) is 10.1. The Balaban J connectivity index is 3.25. The Morgan fingerprint density at radius 2 is 2.08 bits per heavy atom. The summed E-state index contributed by atoms with van der Waals surface area (Å²) in [6.07, 6.45) is 2.16. The van der Waals surface area contributed by atoms with Crippen LogP contribution in [0.15, 0.2) is 12.2 Å². The SMILES string of the molecule is C=C(C)CNCC(=O)NCCCC. The molecule has 3 heteroatoms. The highest BCUT2D eigenvalue weighted by molar-refractivity contribution is 5.77. The molecule has 0 atom stereocenters. The van der Waals surface area contributed by atoms with Crippen LogP contribution < -0.4 is 10.6 Å². The van der Waals surface area contributed by atoms with Crippen molar-refractivity contribution in [2.45, 2.75) is 26.7 Å². The van der Waals surface area contributed by atoms with E-state index in [9.17, 15) is 4.79 Å². The lowest BCUT2D eigenvalue weighted by molar-refractivity contribution is -0.120. The smallest absolute Gasteiger partial charge is 0.233 e. The van der Waals surface area contributed by atoms with Gasteiger partial charge < -0.3 is 10.6 Å². The van der Waals surface area contributed by atoms with E-state index in [0.29, 0.717) is 13.1 Å².